The SMILES string of the molecule is Cc1ccc(Cl)cc1CNCCCN1CCCCC1. The number of halogens is 1. The Morgan fingerprint density at radius 2 is 2.00 bits per heavy atom. The number of nitrogens with zero attached hydrogens (tertiary/aromatic N) is 1. The van der Waals surface area contributed by atoms with Crippen LogP contribution in [0.5, 0.6) is 0 Å². The number of hydrogen-bond acceptors (Lipinski definition) is 2. The van der Waals surface area contributed by atoms with Crippen LogP contribution >= 0.6 is 11.6 Å². The Morgan fingerprint density at radius 3 is 2.79 bits per heavy atom. The number of likely N-dealkylation sites (tertiary alicyclic amines) is 1. The first kappa shape index (κ1) is 14.8. The van der Waals surface area contributed by atoms with Crippen LogP contribution in [0.25, 0.3) is 0 Å². The van der Waals surface area contributed by atoms with Gasteiger partial charge in [-0.3, -0.25) is 0 Å². The van der Waals surface area contributed by atoms with Crippen molar-refractivity contribution in [2.75, 3.05) is 26.2 Å². The van der Waals surface area contributed by atoms with Gasteiger partial charge in [0, 0.05) is 11.6 Å². The summed E-state index contributed by atoms with van der Waals surface area (Å²) >= 11 is 6.02. The van der Waals surface area contributed by atoms with E-state index in [1.807, 2.05) is 6.07 Å². The third kappa shape index (κ3) is 5.13. The van der Waals surface area contributed by atoms with E-state index < -0.39 is 0 Å². The minimum atomic E-state index is 0.829. The van der Waals surface area contributed by atoms with Crippen LogP contribution in [0.2, 0.25) is 5.02 Å². The molecule has 2 rings (SSSR count). The molecule has 1 fully saturated rings. The van der Waals surface area contributed by atoms with Crippen molar-refractivity contribution in [2.24, 2.45) is 0 Å². The van der Waals surface area contributed by atoms with Gasteiger partial charge < -0.3 is 10.2 Å². The van der Waals surface area contributed by atoms with Crippen molar-refractivity contribution in [3.8, 4) is 0 Å². The molecule has 1 saturated heterocycles. The first-order chi connectivity index (χ1) is 9.25. The molecule has 0 amide bonds. The van der Waals surface area contributed by atoms with Crippen molar-refractivity contribution >= 4 is 11.6 Å². The lowest BCUT2D eigenvalue weighted by molar-refractivity contribution is 0.225. The summed E-state index contributed by atoms with van der Waals surface area (Å²) in [6.45, 7) is 7.98. The van der Waals surface area contributed by atoms with Gasteiger partial charge in [0.05, 0.1) is 0 Å². The second-order valence-corrected chi connectivity index (χ2v) is 5.94. The van der Waals surface area contributed by atoms with Crippen LogP contribution in [0.1, 0.15) is 36.8 Å². The Bertz CT molecular complexity index is 386. The van der Waals surface area contributed by atoms with Gasteiger partial charge in [0.15, 0.2) is 0 Å². The standard InChI is InChI=1S/C16H25ClN2/c1-14-6-7-16(17)12-15(14)13-18-8-5-11-19-9-3-2-4-10-19/h6-7,12,18H,2-5,8-11,13H2,1H3. The average molecular weight is 281 g/mol. The van der Waals surface area contributed by atoms with Gasteiger partial charge in [-0.25, -0.2) is 0 Å². The number of piperidine rings is 1. The van der Waals surface area contributed by atoms with E-state index in [4.69, 9.17) is 11.6 Å². The second-order valence-electron chi connectivity index (χ2n) is 5.50. The molecule has 3 heteroatoms. The monoisotopic (exact) mass is 280 g/mol. The Kier molecular flexibility index (Phi) is 6.15. The molecule has 0 radical (unpaired) electrons. The number of nitrogens with one attached hydrogen (secondary N) is 1. The van der Waals surface area contributed by atoms with Gasteiger partial charge in [0.25, 0.3) is 0 Å². The van der Waals surface area contributed by atoms with Crippen LogP contribution in [0.15, 0.2) is 18.2 Å². The van der Waals surface area contributed by atoms with Crippen LogP contribution < -0.4 is 5.32 Å². The Labute approximate surface area is 122 Å². The highest BCUT2D eigenvalue weighted by molar-refractivity contribution is 6.30. The van der Waals surface area contributed by atoms with Crippen molar-refractivity contribution < 1.29 is 0 Å². The Balaban J connectivity index is 1.62. The normalized spacial score (nSPS) is 16.7. The Morgan fingerprint density at radius 1 is 1.21 bits per heavy atom. The molecule has 1 aromatic carbocycles. The zero-order valence-corrected chi connectivity index (χ0v) is 12.7. The molecule has 1 heterocycles. The van der Waals surface area contributed by atoms with Gasteiger partial charge in [0.1, 0.15) is 0 Å². The van der Waals surface area contributed by atoms with Gasteiger partial charge in [-0.15, -0.1) is 0 Å². The van der Waals surface area contributed by atoms with E-state index in [-0.39, 0.29) is 0 Å². The van der Waals surface area contributed by atoms with E-state index in [9.17, 15) is 0 Å². The molecule has 19 heavy (non-hydrogen) atoms. The number of benzene rings is 1. The lowest BCUT2D eigenvalue weighted by Gasteiger charge is -2.26. The predicted octanol–water partition coefficient (Wildman–Crippen LogP) is 3.61. The highest BCUT2D eigenvalue weighted by Crippen LogP contribution is 2.15. The lowest BCUT2D eigenvalue weighted by Crippen LogP contribution is -2.32. The second kappa shape index (κ2) is 7.88. The summed E-state index contributed by atoms with van der Waals surface area (Å²) in [6.07, 6.45) is 5.42. The molecule has 1 aliphatic heterocycles. The van der Waals surface area contributed by atoms with Crippen LogP contribution in [0, 0.1) is 6.92 Å². The maximum absolute atomic E-state index is 6.02. The minimum absolute atomic E-state index is 0.829. The predicted molar refractivity (Wildman–Crippen MR) is 82.8 cm³/mol. The van der Waals surface area contributed by atoms with Crippen LogP contribution in [0.4, 0.5) is 0 Å². The molecule has 0 aliphatic carbocycles. The fourth-order valence-corrected chi connectivity index (χ4v) is 2.86. The first-order valence-electron chi connectivity index (χ1n) is 7.44. The molecule has 2 nitrogen and oxygen atoms in total. The van der Waals surface area contributed by atoms with Crippen molar-refractivity contribution in [3.05, 3.63) is 34.3 Å². The summed E-state index contributed by atoms with van der Waals surface area (Å²) in [7, 11) is 0. The first-order valence-corrected chi connectivity index (χ1v) is 7.81. The summed E-state index contributed by atoms with van der Waals surface area (Å²) in [6, 6.07) is 6.11. The molecule has 0 spiro atoms. The van der Waals surface area contributed by atoms with Gasteiger partial charge in [0.2, 0.25) is 0 Å². The van der Waals surface area contributed by atoms with E-state index in [1.165, 1.54) is 56.4 Å². The molecular weight excluding hydrogens is 256 g/mol. The Hall–Kier alpha value is -0.570. The van der Waals surface area contributed by atoms with Crippen LogP contribution in [-0.4, -0.2) is 31.1 Å². The molecule has 0 atom stereocenters. The maximum Gasteiger partial charge on any atom is 0.0409 e. The summed E-state index contributed by atoms with van der Waals surface area (Å²) in [4.78, 5) is 2.59. The van der Waals surface area contributed by atoms with E-state index >= 15 is 0 Å². The molecule has 0 bridgehead atoms. The van der Waals surface area contributed by atoms with Crippen molar-refractivity contribution in [1.82, 2.24) is 10.2 Å². The zero-order valence-electron chi connectivity index (χ0n) is 11.9. The molecule has 1 aromatic rings. The molecule has 1 N–H and O–H groups in total. The maximum atomic E-state index is 6.02. The summed E-state index contributed by atoms with van der Waals surface area (Å²) < 4.78 is 0. The molecule has 106 valence electrons. The highest BCUT2D eigenvalue weighted by Gasteiger charge is 2.08. The summed E-state index contributed by atoms with van der Waals surface area (Å²) in [5, 5.41) is 4.35. The fraction of sp³-hybridized carbons (Fsp3) is 0.625. The van der Waals surface area contributed by atoms with Crippen LogP contribution in [0.3, 0.4) is 0 Å². The molecule has 0 unspecified atom stereocenters. The largest absolute Gasteiger partial charge is 0.313 e. The van der Waals surface area contributed by atoms with Gasteiger partial charge >= 0.3 is 0 Å². The quantitative estimate of drug-likeness (QED) is 0.801. The minimum Gasteiger partial charge on any atom is -0.313 e. The lowest BCUT2D eigenvalue weighted by atomic mass is 10.1. The third-order valence-corrected chi connectivity index (χ3v) is 4.14. The number of hydrogen-bond donors (Lipinski definition) is 1. The third-order valence-electron chi connectivity index (χ3n) is 3.90. The summed E-state index contributed by atoms with van der Waals surface area (Å²) in [5.41, 5.74) is 2.62. The van der Waals surface area contributed by atoms with E-state index in [1.54, 1.807) is 0 Å². The topological polar surface area (TPSA) is 15.3 Å². The molecule has 1 aliphatic rings. The van der Waals surface area contributed by atoms with Crippen LogP contribution in [-0.2, 0) is 6.54 Å². The van der Waals surface area contributed by atoms with Crippen molar-refractivity contribution in [2.45, 2.75) is 39.2 Å². The molecular formula is C16H25ClN2. The van der Waals surface area contributed by atoms with Crippen molar-refractivity contribution in [3.63, 3.8) is 0 Å². The van der Waals surface area contributed by atoms with E-state index in [0.717, 1.165) is 18.1 Å². The van der Waals surface area contributed by atoms with E-state index in [0.29, 0.717) is 0 Å². The van der Waals surface area contributed by atoms with Gasteiger partial charge in [-0.1, -0.05) is 24.1 Å². The smallest absolute Gasteiger partial charge is 0.0409 e. The average Bonchev–Trinajstić information content (AvgIpc) is 2.43. The fourth-order valence-electron chi connectivity index (χ4n) is 2.66. The molecule has 0 aromatic heterocycles. The zero-order chi connectivity index (χ0) is 13.5. The molecule has 0 saturated carbocycles. The number of aryl methyl sites for hydroxylation is 1. The number of rotatable bonds is 6. The van der Waals surface area contributed by atoms with Crippen molar-refractivity contribution in [1.29, 1.82) is 0 Å². The highest BCUT2D eigenvalue weighted by atomic mass is 35.5. The van der Waals surface area contributed by atoms with Gasteiger partial charge in [-0.05, 0) is 75.6 Å². The van der Waals surface area contributed by atoms with Gasteiger partial charge in [-0.2, -0.15) is 0 Å². The van der Waals surface area contributed by atoms with E-state index in [2.05, 4.69) is 29.3 Å². The summed E-state index contributed by atoms with van der Waals surface area (Å²) in [5.74, 6) is 0.